The maximum absolute atomic E-state index is 12.0. The van der Waals surface area contributed by atoms with Crippen LogP contribution in [0.25, 0.3) is 12.2 Å². The summed E-state index contributed by atoms with van der Waals surface area (Å²) < 4.78 is 5.13. The average molecular weight is 337 g/mol. The fourth-order valence-corrected chi connectivity index (χ4v) is 2.80. The Morgan fingerprint density at radius 3 is 2.12 bits per heavy atom. The summed E-state index contributed by atoms with van der Waals surface area (Å²) in [5.74, 6) is -0.873. The molecule has 2 aromatic carbocycles. The fraction of sp³-hybridized carbons (Fsp3) is 0.200. The van der Waals surface area contributed by atoms with Crippen molar-refractivity contribution < 1.29 is 19.4 Å². The number of methoxy groups -OCH3 is 1. The van der Waals surface area contributed by atoms with Crippen molar-refractivity contribution in [1.29, 1.82) is 0 Å². The first-order valence-corrected chi connectivity index (χ1v) is 8.02. The molecule has 0 aliphatic carbocycles. The highest BCUT2D eigenvalue weighted by atomic mass is 16.5. The van der Waals surface area contributed by atoms with Crippen molar-refractivity contribution in [3.05, 3.63) is 59.7 Å². The third kappa shape index (κ3) is 3.88. The van der Waals surface area contributed by atoms with E-state index < -0.39 is 11.9 Å². The van der Waals surface area contributed by atoms with Crippen LogP contribution in [0.3, 0.4) is 0 Å². The minimum absolute atomic E-state index is 0.0639. The predicted molar refractivity (Wildman–Crippen MR) is 96.5 cm³/mol. The van der Waals surface area contributed by atoms with Gasteiger partial charge in [0.25, 0.3) is 0 Å². The van der Waals surface area contributed by atoms with E-state index in [-0.39, 0.29) is 18.9 Å². The first-order valence-electron chi connectivity index (χ1n) is 8.02. The molecule has 1 aliphatic rings. The lowest BCUT2D eigenvalue weighted by molar-refractivity contribution is -0.141. The molecule has 5 heteroatoms. The van der Waals surface area contributed by atoms with Crippen LogP contribution in [0.1, 0.15) is 17.5 Å². The quantitative estimate of drug-likeness (QED) is 0.850. The minimum atomic E-state index is -0.921. The first kappa shape index (κ1) is 16.8. The number of anilines is 1. The maximum Gasteiger partial charge on any atom is 0.308 e. The molecule has 1 fully saturated rings. The van der Waals surface area contributed by atoms with Gasteiger partial charge < -0.3 is 14.7 Å². The number of ether oxygens (including phenoxy) is 1. The molecule has 1 unspecified atom stereocenters. The topological polar surface area (TPSA) is 66.8 Å². The van der Waals surface area contributed by atoms with Crippen molar-refractivity contribution >= 4 is 29.7 Å². The van der Waals surface area contributed by atoms with Gasteiger partial charge in [0, 0.05) is 18.7 Å². The summed E-state index contributed by atoms with van der Waals surface area (Å²) in [5, 5.41) is 9.06. The smallest absolute Gasteiger partial charge is 0.308 e. The molecule has 3 rings (SSSR count). The lowest BCUT2D eigenvalue weighted by Gasteiger charge is -2.16. The van der Waals surface area contributed by atoms with Gasteiger partial charge in [0.15, 0.2) is 0 Å². The molecule has 1 amide bonds. The summed E-state index contributed by atoms with van der Waals surface area (Å²) in [6, 6.07) is 15.3. The van der Waals surface area contributed by atoms with Crippen LogP contribution in [-0.4, -0.2) is 30.6 Å². The maximum atomic E-state index is 12.0. The number of carbonyl (C=O) groups is 2. The summed E-state index contributed by atoms with van der Waals surface area (Å²) in [6.45, 7) is 0.231. The molecule has 1 atom stereocenters. The van der Waals surface area contributed by atoms with Gasteiger partial charge in [0.1, 0.15) is 5.75 Å². The third-order valence-electron chi connectivity index (χ3n) is 4.26. The summed E-state index contributed by atoms with van der Waals surface area (Å²) in [6.07, 6.45) is 4.04. The minimum Gasteiger partial charge on any atom is -0.497 e. The van der Waals surface area contributed by atoms with Gasteiger partial charge in [0.05, 0.1) is 13.0 Å². The zero-order valence-electron chi connectivity index (χ0n) is 13.9. The van der Waals surface area contributed by atoms with Crippen molar-refractivity contribution in [1.82, 2.24) is 0 Å². The molecule has 0 spiro atoms. The molecular weight excluding hydrogens is 318 g/mol. The highest BCUT2D eigenvalue weighted by Gasteiger charge is 2.34. The molecule has 0 aromatic heterocycles. The predicted octanol–water partition coefficient (Wildman–Crippen LogP) is 3.30. The van der Waals surface area contributed by atoms with E-state index >= 15 is 0 Å². The number of carboxylic acids is 1. The van der Waals surface area contributed by atoms with E-state index in [1.54, 1.807) is 7.11 Å². The highest BCUT2D eigenvalue weighted by Crippen LogP contribution is 2.26. The van der Waals surface area contributed by atoms with Gasteiger partial charge in [0.2, 0.25) is 5.91 Å². The second-order valence-corrected chi connectivity index (χ2v) is 5.94. The molecule has 128 valence electrons. The van der Waals surface area contributed by atoms with Crippen molar-refractivity contribution in [2.24, 2.45) is 5.92 Å². The van der Waals surface area contributed by atoms with Crippen molar-refractivity contribution in [2.75, 3.05) is 18.6 Å². The van der Waals surface area contributed by atoms with Crippen molar-refractivity contribution in [3.8, 4) is 5.75 Å². The number of amides is 1. The van der Waals surface area contributed by atoms with E-state index in [2.05, 4.69) is 0 Å². The standard InChI is InChI=1S/C20H19NO4/c1-25-18-10-6-15(7-11-18)3-2-14-4-8-17(9-5-14)21-13-16(20(23)24)12-19(21)22/h2-11,16H,12-13H2,1H3,(H,23,24). The van der Waals surface area contributed by atoms with E-state index in [9.17, 15) is 9.59 Å². The Kier molecular flexibility index (Phi) is 4.84. The number of aliphatic carboxylic acids is 1. The SMILES string of the molecule is COc1ccc(C=Cc2ccc(N3CC(C(=O)O)CC3=O)cc2)cc1. The molecule has 2 aromatic rings. The van der Waals surface area contributed by atoms with Gasteiger partial charge in [-0.3, -0.25) is 9.59 Å². The van der Waals surface area contributed by atoms with Crippen LogP contribution in [0, 0.1) is 5.92 Å². The molecule has 1 saturated heterocycles. The van der Waals surface area contributed by atoms with Crippen LogP contribution >= 0.6 is 0 Å². The Morgan fingerprint density at radius 2 is 1.64 bits per heavy atom. The van der Waals surface area contributed by atoms with Crippen molar-refractivity contribution in [2.45, 2.75) is 6.42 Å². The van der Waals surface area contributed by atoms with Crippen LogP contribution in [-0.2, 0) is 9.59 Å². The normalized spacial score (nSPS) is 17.2. The number of hydrogen-bond acceptors (Lipinski definition) is 3. The first-order chi connectivity index (χ1) is 12.1. The molecule has 1 aliphatic heterocycles. The van der Waals surface area contributed by atoms with Gasteiger partial charge in [-0.2, -0.15) is 0 Å². The lowest BCUT2D eigenvalue weighted by atomic mass is 10.1. The zero-order valence-corrected chi connectivity index (χ0v) is 13.9. The lowest BCUT2D eigenvalue weighted by Crippen LogP contribution is -2.25. The molecule has 25 heavy (non-hydrogen) atoms. The van der Waals surface area contributed by atoms with Gasteiger partial charge in [-0.25, -0.2) is 0 Å². The summed E-state index contributed by atoms with van der Waals surface area (Å²) in [4.78, 5) is 24.6. The number of benzene rings is 2. The second-order valence-electron chi connectivity index (χ2n) is 5.94. The van der Waals surface area contributed by atoms with Gasteiger partial charge in [-0.15, -0.1) is 0 Å². The summed E-state index contributed by atoms with van der Waals surface area (Å²) >= 11 is 0. The fourth-order valence-electron chi connectivity index (χ4n) is 2.80. The Labute approximate surface area is 146 Å². The molecule has 5 nitrogen and oxygen atoms in total. The van der Waals surface area contributed by atoms with Crippen molar-refractivity contribution in [3.63, 3.8) is 0 Å². The Hall–Kier alpha value is -3.08. The van der Waals surface area contributed by atoms with Crippen LogP contribution in [0.4, 0.5) is 5.69 Å². The Bertz CT molecular complexity index is 793. The van der Waals surface area contributed by atoms with Gasteiger partial charge >= 0.3 is 5.97 Å². The average Bonchev–Trinajstić information content (AvgIpc) is 3.03. The molecular formula is C20H19NO4. The molecule has 0 radical (unpaired) electrons. The van der Waals surface area contributed by atoms with E-state index in [0.717, 1.165) is 22.6 Å². The van der Waals surface area contributed by atoms with E-state index in [4.69, 9.17) is 9.84 Å². The number of rotatable bonds is 5. The Balaban J connectivity index is 1.68. The van der Waals surface area contributed by atoms with Crippen LogP contribution in [0.5, 0.6) is 5.75 Å². The zero-order chi connectivity index (χ0) is 17.8. The molecule has 1 N–H and O–H groups in total. The van der Waals surface area contributed by atoms with E-state index in [1.165, 1.54) is 4.90 Å². The largest absolute Gasteiger partial charge is 0.497 e. The summed E-state index contributed by atoms with van der Waals surface area (Å²) in [5.41, 5.74) is 2.79. The van der Waals surface area contributed by atoms with E-state index in [0.29, 0.717) is 0 Å². The number of carboxylic acid groups (broad SMARTS) is 1. The van der Waals surface area contributed by atoms with Crippen LogP contribution in [0.15, 0.2) is 48.5 Å². The van der Waals surface area contributed by atoms with Crippen LogP contribution < -0.4 is 9.64 Å². The number of hydrogen-bond donors (Lipinski definition) is 1. The van der Waals surface area contributed by atoms with Gasteiger partial charge in [-0.05, 0) is 35.4 Å². The van der Waals surface area contributed by atoms with E-state index in [1.807, 2.05) is 60.7 Å². The second kappa shape index (κ2) is 7.21. The molecule has 0 saturated carbocycles. The third-order valence-corrected chi connectivity index (χ3v) is 4.26. The molecule has 1 heterocycles. The Morgan fingerprint density at radius 1 is 1.08 bits per heavy atom. The molecule has 0 bridgehead atoms. The van der Waals surface area contributed by atoms with Crippen LogP contribution in [0.2, 0.25) is 0 Å². The number of carbonyl (C=O) groups excluding carboxylic acids is 1. The summed E-state index contributed by atoms with van der Waals surface area (Å²) in [7, 11) is 1.64. The van der Waals surface area contributed by atoms with Gasteiger partial charge in [-0.1, -0.05) is 36.4 Å². The highest BCUT2D eigenvalue weighted by molar-refractivity contribution is 5.99. The monoisotopic (exact) mass is 337 g/mol. The number of nitrogens with zero attached hydrogens (tertiary/aromatic N) is 1.